The molecular formula is C11H16N2O2. The molecule has 0 aliphatic rings. The number of hydrogen-bond donors (Lipinski definition) is 1. The average Bonchev–Trinajstić information content (AvgIpc) is 2.70. The zero-order chi connectivity index (χ0) is 11.3. The molecule has 4 heteroatoms. The molecule has 1 N–H and O–H groups in total. The van der Waals surface area contributed by atoms with Crippen molar-refractivity contribution in [3.05, 3.63) is 36.8 Å². The number of likely N-dealkylation sites (N-methyl/N-ethyl adjacent to an activating group) is 1. The van der Waals surface area contributed by atoms with Crippen LogP contribution in [0.5, 0.6) is 0 Å². The SMILES string of the molecule is C=CC(=O)NCC(c1ccco1)N(C)C. The minimum absolute atomic E-state index is 0.0453. The van der Waals surface area contributed by atoms with E-state index in [1.54, 1.807) is 6.26 Å². The molecule has 1 aromatic rings. The number of rotatable bonds is 5. The van der Waals surface area contributed by atoms with Gasteiger partial charge in [-0.25, -0.2) is 0 Å². The van der Waals surface area contributed by atoms with E-state index in [1.807, 2.05) is 31.1 Å². The van der Waals surface area contributed by atoms with Crippen molar-refractivity contribution in [1.29, 1.82) is 0 Å². The Labute approximate surface area is 89.6 Å². The first-order chi connectivity index (χ1) is 7.15. The van der Waals surface area contributed by atoms with E-state index in [2.05, 4.69) is 11.9 Å². The molecule has 1 heterocycles. The van der Waals surface area contributed by atoms with Crippen LogP contribution in [0.2, 0.25) is 0 Å². The topological polar surface area (TPSA) is 45.5 Å². The van der Waals surface area contributed by atoms with Crippen molar-refractivity contribution >= 4 is 5.91 Å². The van der Waals surface area contributed by atoms with Crippen molar-refractivity contribution < 1.29 is 9.21 Å². The van der Waals surface area contributed by atoms with E-state index >= 15 is 0 Å². The highest BCUT2D eigenvalue weighted by atomic mass is 16.3. The van der Waals surface area contributed by atoms with Crippen LogP contribution in [0.25, 0.3) is 0 Å². The smallest absolute Gasteiger partial charge is 0.243 e. The molecule has 0 saturated heterocycles. The fourth-order valence-electron chi connectivity index (χ4n) is 1.29. The summed E-state index contributed by atoms with van der Waals surface area (Å²) in [6, 6.07) is 3.77. The van der Waals surface area contributed by atoms with Gasteiger partial charge in [0.05, 0.1) is 12.3 Å². The van der Waals surface area contributed by atoms with Crippen LogP contribution < -0.4 is 5.32 Å². The van der Waals surface area contributed by atoms with E-state index in [0.29, 0.717) is 6.54 Å². The van der Waals surface area contributed by atoms with Crippen LogP contribution in [-0.4, -0.2) is 31.4 Å². The van der Waals surface area contributed by atoms with Gasteiger partial charge < -0.3 is 9.73 Å². The highest BCUT2D eigenvalue weighted by molar-refractivity contribution is 5.86. The summed E-state index contributed by atoms with van der Waals surface area (Å²) in [5.41, 5.74) is 0. The molecule has 82 valence electrons. The highest BCUT2D eigenvalue weighted by Crippen LogP contribution is 2.17. The van der Waals surface area contributed by atoms with Crippen LogP contribution in [0.1, 0.15) is 11.8 Å². The van der Waals surface area contributed by atoms with E-state index in [9.17, 15) is 4.79 Å². The van der Waals surface area contributed by atoms with E-state index in [1.165, 1.54) is 6.08 Å². The summed E-state index contributed by atoms with van der Waals surface area (Å²) in [6.45, 7) is 3.90. The molecule has 0 saturated carbocycles. The summed E-state index contributed by atoms with van der Waals surface area (Å²) in [7, 11) is 3.88. The van der Waals surface area contributed by atoms with Crippen LogP contribution in [0, 0.1) is 0 Å². The summed E-state index contributed by atoms with van der Waals surface area (Å²) in [6.07, 6.45) is 2.88. The lowest BCUT2D eigenvalue weighted by Crippen LogP contribution is -2.33. The van der Waals surface area contributed by atoms with Gasteiger partial charge in [0.15, 0.2) is 0 Å². The molecule has 0 aliphatic heterocycles. The standard InChI is InChI=1S/C11H16N2O2/c1-4-11(14)12-8-9(13(2)3)10-6-5-7-15-10/h4-7,9H,1,8H2,2-3H3,(H,12,14). The summed E-state index contributed by atoms with van der Waals surface area (Å²) in [4.78, 5) is 13.0. The van der Waals surface area contributed by atoms with Gasteiger partial charge in [0.25, 0.3) is 0 Å². The molecular weight excluding hydrogens is 192 g/mol. The maximum Gasteiger partial charge on any atom is 0.243 e. The van der Waals surface area contributed by atoms with Gasteiger partial charge in [0.1, 0.15) is 5.76 Å². The third kappa shape index (κ3) is 3.25. The van der Waals surface area contributed by atoms with Gasteiger partial charge in [-0.3, -0.25) is 9.69 Å². The molecule has 0 bridgehead atoms. The zero-order valence-electron chi connectivity index (χ0n) is 9.06. The van der Waals surface area contributed by atoms with Crippen molar-refractivity contribution in [3.63, 3.8) is 0 Å². The molecule has 1 atom stereocenters. The predicted molar refractivity (Wildman–Crippen MR) is 58.3 cm³/mol. The second-order valence-corrected chi connectivity index (χ2v) is 3.44. The predicted octanol–water partition coefficient (Wildman–Crippen LogP) is 1.18. The Morgan fingerprint density at radius 1 is 1.73 bits per heavy atom. The lowest BCUT2D eigenvalue weighted by Gasteiger charge is -2.22. The van der Waals surface area contributed by atoms with E-state index in [4.69, 9.17) is 4.42 Å². The fraction of sp³-hybridized carbons (Fsp3) is 0.364. The van der Waals surface area contributed by atoms with Gasteiger partial charge in [-0.1, -0.05) is 6.58 Å². The maximum atomic E-state index is 11.0. The number of hydrogen-bond acceptors (Lipinski definition) is 3. The first-order valence-electron chi connectivity index (χ1n) is 4.75. The molecule has 1 rings (SSSR count). The van der Waals surface area contributed by atoms with Gasteiger partial charge >= 0.3 is 0 Å². The first-order valence-corrected chi connectivity index (χ1v) is 4.75. The molecule has 15 heavy (non-hydrogen) atoms. The molecule has 4 nitrogen and oxygen atoms in total. The molecule has 0 aromatic carbocycles. The highest BCUT2D eigenvalue weighted by Gasteiger charge is 2.16. The Morgan fingerprint density at radius 3 is 2.93 bits per heavy atom. The molecule has 1 unspecified atom stereocenters. The number of nitrogens with one attached hydrogen (secondary N) is 1. The average molecular weight is 208 g/mol. The number of carbonyl (C=O) groups excluding carboxylic acids is 1. The van der Waals surface area contributed by atoms with Gasteiger partial charge in [0.2, 0.25) is 5.91 Å². The third-order valence-corrected chi connectivity index (χ3v) is 2.15. The molecule has 0 spiro atoms. The Kier molecular flexibility index (Phi) is 4.12. The summed E-state index contributed by atoms with van der Waals surface area (Å²) in [5.74, 6) is 0.665. The van der Waals surface area contributed by atoms with E-state index in [-0.39, 0.29) is 11.9 Å². The number of furan rings is 1. The summed E-state index contributed by atoms with van der Waals surface area (Å²) >= 11 is 0. The van der Waals surface area contributed by atoms with Crippen molar-refractivity contribution in [2.45, 2.75) is 6.04 Å². The molecule has 1 amide bonds. The molecule has 0 aliphatic carbocycles. The Balaban J connectivity index is 2.60. The summed E-state index contributed by atoms with van der Waals surface area (Å²) in [5, 5.41) is 2.74. The van der Waals surface area contributed by atoms with Gasteiger partial charge in [-0.05, 0) is 32.3 Å². The van der Waals surface area contributed by atoms with Crippen LogP contribution in [0.3, 0.4) is 0 Å². The molecule has 0 fully saturated rings. The third-order valence-electron chi connectivity index (χ3n) is 2.15. The van der Waals surface area contributed by atoms with Gasteiger partial charge in [0, 0.05) is 6.54 Å². The zero-order valence-corrected chi connectivity index (χ0v) is 9.06. The molecule has 0 radical (unpaired) electrons. The van der Waals surface area contributed by atoms with E-state index in [0.717, 1.165) is 5.76 Å². The quantitative estimate of drug-likeness (QED) is 0.739. The fourth-order valence-corrected chi connectivity index (χ4v) is 1.29. The molecule has 1 aromatic heterocycles. The van der Waals surface area contributed by atoms with Crippen LogP contribution in [-0.2, 0) is 4.79 Å². The Hall–Kier alpha value is -1.55. The largest absolute Gasteiger partial charge is 0.468 e. The maximum absolute atomic E-state index is 11.0. The van der Waals surface area contributed by atoms with Crippen molar-refractivity contribution in [2.75, 3.05) is 20.6 Å². The lowest BCUT2D eigenvalue weighted by molar-refractivity contribution is -0.116. The minimum Gasteiger partial charge on any atom is -0.468 e. The number of carbonyl (C=O) groups is 1. The second-order valence-electron chi connectivity index (χ2n) is 3.44. The van der Waals surface area contributed by atoms with Crippen LogP contribution in [0.4, 0.5) is 0 Å². The van der Waals surface area contributed by atoms with Gasteiger partial charge in [-0.2, -0.15) is 0 Å². The Morgan fingerprint density at radius 2 is 2.47 bits per heavy atom. The summed E-state index contributed by atoms with van der Waals surface area (Å²) < 4.78 is 5.30. The Bertz CT molecular complexity index is 317. The minimum atomic E-state index is -0.173. The second kappa shape index (κ2) is 5.36. The van der Waals surface area contributed by atoms with Crippen molar-refractivity contribution in [3.8, 4) is 0 Å². The van der Waals surface area contributed by atoms with Crippen LogP contribution >= 0.6 is 0 Å². The first kappa shape index (κ1) is 11.5. The van der Waals surface area contributed by atoms with E-state index < -0.39 is 0 Å². The van der Waals surface area contributed by atoms with Crippen molar-refractivity contribution in [2.24, 2.45) is 0 Å². The normalized spacial score (nSPS) is 12.5. The number of amides is 1. The monoisotopic (exact) mass is 208 g/mol. The van der Waals surface area contributed by atoms with Crippen LogP contribution in [0.15, 0.2) is 35.5 Å². The number of nitrogens with zero attached hydrogens (tertiary/aromatic N) is 1. The van der Waals surface area contributed by atoms with Gasteiger partial charge in [-0.15, -0.1) is 0 Å². The lowest BCUT2D eigenvalue weighted by atomic mass is 10.2. The van der Waals surface area contributed by atoms with Crippen molar-refractivity contribution in [1.82, 2.24) is 10.2 Å².